The van der Waals surface area contributed by atoms with Crippen molar-refractivity contribution < 1.29 is 8.42 Å². The van der Waals surface area contributed by atoms with Gasteiger partial charge in [0.2, 0.25) is 10.0 Å². The van der Waals surface area contributed by atoms with E-state index in [1.807, 2.05) is 19.1 Å². The van der Waals surface area contributed by atoms with Crippen LogP contribution in [0.3, 0.4) is 0 Å². The SMILES string of the molecule is CCCN(CC(N)=S)S(=O)(=O)CCc1ccccn1. The predicted molar refractivity (Wildman–Crippen MR) is 80.4 cm³/mol. The Labute approximate surface area is 119 Å². The predicted octanol–water partition coefficient (Wildman–Crippen LogP) is 0.952. The highest BCUT2D eigenvalue weighted by molar-refractivity contribution is 7.89. The minimum absolute atomic E-state index is 0.0205. The number of aromatic nitrogens is 1. The van der Waals surface area contributed by atoms with Crippen molar-refractivity contribution >= 4 is 27.2 Å². The fraction of sp³-hybridized carbons (Fsp3) is 0.500. The molecular formula is C12H19N3O2S2. The maximum absolute atomic E-state index is 12.2. The molecule has 7 heteroatoms. The average Bonchev–Trinajstić information content (AvgIpc) is 2.37. The topological polar surface area (TPSA) is 76.3 Å². The smallest absolute Gasteiger partial charge is 0.214 e. The molecule has 0 unspecified atom stereocenters. The first-order chi connectivity index (χ1) is 8.95. The van der Waals surface area contributed by atoms with Crippen molar-refractivity contribution in [2.45, 2.75) is 19.8 Å². The van der Waals surface area contributed by atoms with Gasteiger partial charge in [0.15, 0.2) is 0 Å². The van der Waals surface area contributed by atoms with Crippen LogP contribution in [0.1, 0.15) is 19.0 Å². The summed E-state index contributed by atoms with van der Waals surface area (Å²) in [7, 11) is -3.35. The highest BCUT2D eigenvalue weighted by atomic mass is 32.2. The zero-order valence-electron chi connectivity index (χ0n) is 10.9. The van der Waals surface area contributed by atoms with Gasteiger partial charge >= 0.3 is 0 Å². The molecule has 19 heavy (non-hydrogen) atoms. The summed E-state index contributed by atoms with van der Waals surface area (Å²) in [5.41, 5.74) is 6.20. The summed E-state index contributed by atoms with van der Waals surface area (Å²) in [6.45, 7) is 2.45. The molecular weight excluding hydrogens is 282 g/mol. The Kier molecular flexibility index (Phi) is 6.33. The maximum Gasteiger partial charge on any atom is 0.214 e. The number of rotatable bonds is 8. The van der Waals surface area contributed by atoms with Crippen molar-refractivity contribution in [2.24, 2.45) is 5.73 Å². The summed E-state index contributed by atoms with van der Waals surface area (Å²) in [5, 5.41) is 0. The van der Waals surface area contributed by atoms with Gasteiger partial charge in [0, 0.05) is 24.9 Å². The molecule has 0 aromatic carbocycles. The molecule has 0 aliphatic heterocycles. The van der Waals surface area contributed by atoms with E-state index < -0.39 is 10.0 Å². The van der Waals surface area contributed by atoms with E-state index >= 15 is 0 Å². The van der Waals surface area contributed by atoms with Crippen molar-refractivity contribution in [2.75, 3.05) is 18.8 Å². The van der Waals surface area contributed by atoms with Gasteiger partial charge in [0.1, 0.15) is 0 Å². The number of hydrogen-bond acceptors (Lipinski definition) is 4. The van der Waals surface area contributed by atoms with Gasteiger partial charge in [0.25, 0.3) is 0 Å². The molecule has 0 aliphatic carbocycles. The third kappa shape index (κ3) is 5.63. The first-order valence-corrected chi connectivity index (χ1v) is 8.13. The number of thiocarbonyl (C=S) groups is 1. The van der Waals surface area contributed by atoms with Crippen LogP contribution < -0.4 is 5.73 Å². The number of aryl methyl sites for hydroxylation is 1. The van der Waals surface area contributed by atoms with Crippen molar-refractivity contribution in [3.8, 4) is 0 Å². The van der Waals surface area contributed by atoms with E-state index in [4.69, 9.17) is 18.0 Å². The van der Waals surface area contributed by atoms with E-state index in [0.717, 1.165) is 12.1 Å². The van der Waals surface area contributed by atoms with Gasteiger partial charge < -0.3 is 5.73 Å². The second-order valence-electron chi connectivity index (χ2n) is 4.19. The Morgan fingerprint density at radius 2 is 2.21 bits per heavy atom. The van der Waals surface area contributed by atoms with Gasteiger partial charge in [-0.3, -0.25) is 4.98 Å². The Balaban J connectivity index is 2.69. The molecule has 0 saturated heterocycles. The third-order valence-corrected chi connectivity index (χ3v) is 4.49. The number of nitrogens with two attached hydrogens (primary N) is 1. The highest BCUT2D eigenvalue weighted by Gasteiger charge is 2.21. The largest absolute Gasteiger partial charge is 0.392 e. The first-order valence-electron chi connectivity index (χ1n) is 6.11. The normalized spacial score (nSPS) is 11.7. The minimum Gasteiger partial charge on any atom is -0.392 e. The van der Waals surface area contributed by atoms with Crippen LogP contribution in [-0.2, 0) is 16.4 Å². The second-order valence-corrected chi connectivity index (χ2v) is 6.80. The fourth-order valence-electron chi connectivity index (χ4n) is 1.65. The van der Waals surface area contributed by atoms with E-state index in [2.05, 4.69) is 4.98 Å². The van der Waals surface area contributed by atoms with Gasteiger partial charge in [-0.15, -0.1) is 0 Å². The fourth-order valence-corrected chi connectivity index (χ4v) is 3.41. The van der Waals surface area contributed by atoms with Crippen molar-refractivity contribution in [3.05, 3.63) is 30.1 Å². The molecule has 1 aromatic rings. The summed E-state index contributed by atoms with van der Waals surface area (Å²) < 4.78 is 25.8. The molecule has 1 heterocycles. The molecule has 106 valence electrons. The molecule has 2 N–H and O–H groups in total. The van der Waals surface area contributed by atoms with Crippen LogP contribution in [-0.4, -0.2) is 41.5 Å². The number of hydrogen-bond donors (Lipinski definition) is 1. The molecule has 0 bridgehead atoms. The van der Waals surface area contributed by atoms with Gasteiger partial charge in [-0.25, -0.2) is 8.42 Å². The highest BCUT2D eigenvalue weighted by Crippen LogP contribution is 2.06. The lowest BCUT2D eigenvalue weighted by Crippen LogP contribution is -2.39. The Morgan fingerprint density at radius 3 is 2.74 bits per heavy atom. The van der Waals surface area contributed by atoms with E-state index in [1.54, 1.807) is 12.3 Å². The Morgan fingerprint density at radius 1 is 1.47 bits per heavy atom. The second kappa shape index (κ2) is 7.52. The lowest BCUT2D eigenvalue weighted by molar-refractivity contribution is 0.449. The molecule has 1 rings (SSSR count). The van der Waals surface area contributed by atoms with E-state index in [0.29, 0.717) is 13.0 Å². The molecule has 5 nitrogen and oxygen atoms in total. The summed E-state index contributed by atoms with van der Waals surface area (Å²) in [4.78, 5) is 4.30. The van der Waals surface area contributed by atoms with Gasteiger partial charge in [0.05, 0.1) is 17.3 Å². The summed E-state index contributed by atoms with van der Waals surface area (Å²) >= 11 is 4.79. The monoisotopic (exact) mass is 301 g/mol. The van der Waals surface area contributed by atoms with Crippen LogP contribution in [0, 0.1) is 0 Å². The summed E-state index contributed by atoms with van der Waals surface area (Å²) in [5.74, 6) is 0.0205. The molecule has 0 aliphatic rings. The third-order valence-electron chi connectivity index (χ3n) is 2.54. The van der Waals surface area contributed by atoms with E-state index in [1.165, 1.54) is 4.31 Å². The van der Waals surface area contributed by atoms with Crippen molar-refractivity contribution in [3.63, 3.8) is 0 Å². The van der Waals surface area contributed by atoms with Crippen LogP contribution >= 0.6 is 12.2 Å². The van der Waals surface area contributed by atoms with Crippen molar-refractivity contribution in [1.29, 1.82) is 0 Å². The Bertz CT molecular complexity index is 503. The molecule has 0 radical (unpaired) electrons. The molecule has 0 saturated carbocycles. The number of nitrogens with zero attached hydrogens (tertiary/aromatic N) is 2. The molecule has 1 aromatic heterocycles. The van der Waals surface area contributed by atoms with Gasteiger partial charge in [-0.1, -0.05) is 25.2 Å². The van der Waals surface area contributed by atoms with Crippen LogP contribution in [0.5, 0.6) is 0 Å². The summed E-state index contributed by atoms with van der Waals surface area (Å²) in [6, 6.07) is 5.45. The minimum atomic E-state index is -3.35. The van der Waals surface area contributed by atoms with E-state index in [9.17, 15) is 8.42 Å². The Hall–Kier alpha value is -1.05. The van der Waals surface area contributed by atoms with Gasteiger partial charge in [-0.05, 0) is 18.6 Å². The lowest BCUT2D eigenvalue weighted by atomic mass is 10.3. The van der Waals surface area contributed by atoms with Crippen LogP contribution in [0.4, 0.5) is 0 Å². The number of sulfonamides is 1. The molecule has 0 atom stereocenters. The molecule has 0 spiro atoms. The van der Waals surface area contributed by atoms with E-state index in [-0.39, 0.29) is 17.3 Å². The molecule has 0 amide bonds. The molecule has 0 fully saturated rings. The van der Waals surface area contributed by atoms with Crippen LogP contribution in [0.25, 0.3) is 0 Å². The quantitative estimate of drug-likeness (QED) is 0.724. The van der Waals surface area contributed by atoms with Gasteiger partial charge in [-0.2, -0.15) is 4.31 Å². The lowest BCUT2D eigenvalue weighted by Gasteiger charge is -2.20. The van der Waals surface area contributed by atoms with Crippen LogP contribution in [0.2, 0.25) is 0 Å². The first kappa shape index (κ1) is 16.0. The zero-order valence-corrected chi connectivity index (χ0v) is 12.6. The van der Waals surface area contributed by atoms with Crippen LogP contribution in [0.15, 0.2) is 24.4 Å². The average molecular weight is 301 g/mol. The maximum atomic E-state index is 12.2. The number of pyridine rings is 1. The standard InChI is InChI=1S/C12H19N3O2S2/c1-2-8-15(10-12(13)18)19(16,17)9-6-11-5-3-4-7-14-11/h3-5,7H,2,6,8-10H2,1H3,(H2,13,18). The summed E-state index contributed by atoms with van der Waals surface area (Å²) in [6.07, 6.45) is 2.77. The zero-order chi connectivity index (χ0) is 14.3. The van der Waals surface area contributed by atoms with Crippen molar-refractivity contribution in [1.82, 2.24) is 9.29 Å².